The van der Waals surface area contributed by atoms with Crippen LogP contribution in [0, 0.1) is 5.92 Å². The van der Waals surface area contributed by atoms with Crippen molar-refractivity contribution in [1.29, 1.82) is 0 Å². The van der Waals surface area contributed by atoms with Crippen LogP contribution in [0.1, 0.15) is 25.0 Å². The smallest absolute Gasteiger partial charge is 0.250 e. The number of aromatic amines is 1. The maximum atomic E-state index is 11.1. The lowest BCUT2D eigenvalue weighted by molar-refractivity contribution is 0.464. The Kier molecular flexibility index (Phi) is 3.50. The molecule has 0 radical (unpaired) electrons. The van der Waals surface area contributed by atoms with E-state index >= 15 is 0 Å². The second kappa shape index (κ2) is 5.07. The zero-order chi connectivity index (χ0) is 10.5. The van der Waals surface area contributed by atoms with Gasteiger partial charge in [-0.15, -0.1) is 0 Å². The first-order valence-electron chi connectivity index (χ1n) is 5.59. The molecule has 1 aromatic heterocycles. The quantitative estimate of drug-likeness (QED) is 0.750. The van der Waals surface area contributed by atoms with E-state index in [4.69, 9.17) is 0 Å². The second-order valence-electron chi connectivity index (χ2n) is 4.15. The summed E-state index contributed by atoms with van der Waals surface area (Å²) >= 11 is 0. The molecule has 0 aromatic carbocycles. The molecule has 1 aliphatic heterocycles. The van der Waals surface area contributed by atoms with Gasteiger partial charge in [-0.25, -0.2) is 4.98 Å². The van der Waals surface area contributed by atoms with E-state index in [0.717, 1.165) is 25.2 Å². The average molecular weight is 207 g/mol. The molecule has 4 heteroatoms. The molecular formula is C11H17N3O. The second-order valence-corrected chi connectivity index (χ2v) is 4.15. The molecular weight excluding hydrogens is 190 g/mol. The molecule has 1 saturated heterocycles. The fourth-order valence-corrected chi connectivity index (χ4v) is 2.11. The number of aromatic nitrogens is 2. The highest BCUT2D eigenvalue weighted by molar-refractivity contribution is 4.99. The first-order chi connectivity index (χ1) is 7.34. The predicted molar refractivity (Wildman–Crippen MR) is 58.8 cm³/mol. The minimum absolute atomic E-state index is 0.0493. The Morgan fingerprint density at radius 3 is 3.20 bits per heavy atom. The lowest BCUT2D eigenvalue weighted by atomic mass is 9.95. The topological polar surface area (TPSA) is 57.8 Å². The number of nitrogens with zero attached hydrogens (tertiary/aromatic N) is 1. The molecule has 1 unspecified atom stereocenters. The summed E-state index contributed by atoms with van der Waals surface area (Å²) in [5, 5.41) is 3.39. The first kappa shape index (κ1) is 10.4. The van der Waals surface area contributed by atoms with Gasteiger partial charge in [0.15, 0.2) is 0 Å². The largest absolute Gasteiger partial charge is 0.317 e. The van der Waals surface area contributed by atoms with Crippen LogP contribution in [0.15, 0.2) is 17.2 Å². The molecule has 0 saturated carbocycles. The summed E-state index contributed by atoms with van der Waals surface area (Å²) in [4.78, 5) is 17.8. The molecule has 2 heterocycles. The van der Waals surface area contributed by atoms with Crippen molar-refractivity contribution in [2.45, 2.75) is 25.7 Å². The highest BCUT2D eigenvalue weighted by atomic mass is 16.1. The van der Waals surface area contributed by atoms with Gasteiger partial charge in [0.25, 0.3) is 5.56 Å². The van der Waals surface area contributed by atoms with Crippen molar-refractivity contribution in [2.24, 2.45) is 5.92 Å². The normalized spacial score (nSPS) is 22.3. The summed E-state index contributed by atoms with van der Waals surface area (Å²) < 4.78 is 0. The zero-order valence-corrected chi connectivity index (χ0v) is 8.83. The van der Waals surface area contributed by atoms with Crippen molar-refractivity contribution >= 4 is 0 Å². The molecule has 1 aliphatic rings. The Morgan fingerprint density at radius 2 is 2.33 bits per heavy atom. The van der Waals surface area contributed by atoms with E-state index < -0.39 is 0 Å². The van der Waals surface area contributed by atoms with Crippen LogP contribution in [0.3, 0.4) is 0 Å². The maximum Gasteiger partial charge on any atom is 0.250 e. The molecule has 1 atom stereocenters. The van der Waals surface area contributed by atoms with Crippen LogP contribution in [0.2, 0.25) is 0 Å². The fourth-order valence-electron chi connectivity index (χ4n) is 2.11. The highest BCUT2D eigenvalue weighted by Gasteiger charge is 2.13. The van der Waals surface area contributed by atoms with Gasteiger partial charge in [-0.2, -0.15) is 0 Å². The molecule has 2 N–H and O–H groups in total. The van der Waals surface area contributed by atoms with E-state index in [1.807, 2.05) is 0 Å². The summed E-state index contributed by atoms with van der Waals surface area (Å²) in [6.07, 6.45) is 6.09. The van der Waals surface area contributed by atoms with Gasteiger partial charge in [0, 0.05) is 11.8 Å². The van der Waals surface area contributed by atoms with Crippen molar-refractivity contribution in [1.82, 2.24) is 15.3 Å². The summed E-state index contributed by atoms with van der Waals surface area (Å²) in [5.41, 5.74) is 0.873. The monoisotopic (exact) mass is 207 g/mol. The van der Waals surface area contributed by atoms with Crippen molar-refractivity contribution < 1.29 is 0 Å². The minimum Gasteiger partial charge on any atom is -0.317 e. The van der Waals surface area contributed by atoms with E-state index in [9.17, 15) is 4.79 Å². The Bertz CT molecular complexity index is 353. The van der Waals surface area contributed by atoms with Crippen LogP contribution in [-0.2, 0) is 6.42 Å². The zero-order valence-electron chi connectivity index (χ0n) is 8.83. The Morgan fingerprint density at radius 1 is 1.40 bits per heavy atom. The van der Waals surface area contributed by atoms with E-state index in [1.54, 1.807) is 6.07 Å². The Hall–Kier alpha value is -1.16. The van der Waals surface area contributed by atoms with Crippen LogP contribution in [-0.4, -0.2) is 23.1 Å². The predicted octanol–water partition coefficient (Wildman–Crippen LogP) is 0.702. The van der Waals surface area contributed by atoms with Crippen LogP contribution in [0.25, 0.3) is 0 Å². The molecule has 0 bridgehead atoms. The maximum absolute atomic E-state index is 11.1. The van der Waals surface area contributed by atoms with Gasteiger partial charge >= 0.3 is 0 Å². The SMILES string of the molecule is O=c1cc(CC2CCCNCC2)nc[nH]1. The van der Waals surface area contributed by atoms with Crippen LogP contribution in [0.4, 0.5) is 0 Å². The number of nitrogens with one attached hydrogen (secondary N) is 2. The molecule has 0 amide bonds. The third-order valence-electron chi connectivity index (χ3n) is 2.93. The van der Waals surface area contributed by atoms with Crippen molar-refractivity contribution in [3.05, 3.63) is 28.4 Å². The molecule has 0 aliphatic carbocycles. The number of hydrogen-bond donors (Lipinski definition) is 2. The minimum atomic E-state index is -0.0493. The van der Waals surface area contributed by atoms with Gasteiger partial charge in [-0.3, -0.25) is 4.79 Å². The lowest BCUT2D eigenvalue weighted by Crippen LogP contribution is -2.15. The summed E-state index contributed by atoms with van der Waals surface area (Å²) in [6.45, 7) is 2.22. The Balaban J connectivity index is 1.98. The molecule has 1 fully saturated rings. The summed E-state index contributed by atoms with van der Waals surface area (Å²) in [5.74, 6) is 0.675. The summed E-state index contributed by atoms with van der Waals surface area (Å²) in [6, 6.07) is 1.61. The molecule has 82 valence electrons. The van der Waals surface area contributed by atoms with E-state index in [-0.39, 0.29) is 5.56 Å². The highest BCUT2D eigenvalue weighted by Crippen LogP contribution is 2.17. The van der Waals surface area contributed by atoms with Gasteiger partial charge < -0.3 is 10.3 Å². The molecule has 1 aromatic rings. The summed E-state index contributed by atoms with van der Waals surface area (Å²) in [7, 11) is 0. The van der Waals surface area contributed by atoms with Gasteiger partial charge in [0.1, 0.15) is 0 Å². The lowest BCUT2D eigenvalue weighted by Gasteiger charge is -2.11. The van der Waals surface area contributed by atoms with Crippen LogP contribution < -0.4 is 10.9 Å². The van der Waals surface area contributed by atoms with Crippen LogP contribution >= 0.6 is 0 Å². The fraction of sp³-hybridized carbons (Fsp3) is 0.636. The number of H-pyrrole nitrogens is 1. The first-order valence-corrected chi connectivity index (χ1v) is 5.59. The van der Waals surface area contributed by atoms with Gasteiger partial charge in [-0.1, -0.05) is 0 Å². The van der Waals surface area contributed by atoms with Crippen molar-refractivity contribution in [3.63, 3.8) is 0 Å². The van der Waals surface area contributed by atoms with Gasteiger partial charge in [0.2, 0.25) is 0 Å². The van der Waals surface area contributed by atoms with Crippen LogP contribution in [0.5, 0.6) is 0 Å². The molecule has 2 rings (SSSR count). The third kappa shape index (κ3) is 3.16. The van der Waals surface area contributed by atoms with E-state index in [2.05, 4.69) is 15.3 Å². The Labute approximate surface area is 89.1 Å². The average Bonchev–Trinajstić information content (AvgIpc) is 2.46. The van der Waals surface area contributed by atoms with Crippen molar-refractivity contribution in [2.75, 3.05) is 13.1 Å². The molecule has 15 heavy (non-hydrogen) atoms. The third-order valence-corrected chi connectivity index (χ3v) is 2.93. The van der Waals surface area contributed by atoms with Gasteiger partial charge in [0.05, 0.1) is 6.33 Å². The van der Waals surface area contributed by atoms with Gasteiger partial charge in [-0.05, 0) is 44.7 Å². The molecule has 4 nitrogen and oxygen atoms in total. The van der Waals surface area contributed by atoms with E-state index in [1.165, 1.54) is 25.6 Å². The number of rotatable bonds is 2. The van der Waals surface area contributed by atoms with E-state index in [0.29, 0.717) is 5.92 Å². The van der Waals surface area contributed by atoms with Crippen molar-refractivity contribution in [3.8, 4) is 0 Å². The molecule has 0 spiro atoms. The standard InChI is InChI=1S/C11H17N3O/c15-11-7-10(13-8-14-11)6-9-2-1-4-12-5-3-9/h7-9,12H,1-6H2,(H,13,14,15). The number of hydrogen-bond acceptors (Lipinski definition) is 3.